The van der Waals surface area contributed by atoms with Crippen LogP contribution in [0.5, 0.6) is 0 Å². The fourth-order valence-corrected chi connectivity index (χ4v) is 3.19. The lowest BCUT2D eigenvalue weighted by atomic mass is 10.0. The van der Waals surface area contributed by atoms with Crippen molar-refractivity contribution in [3.63, 3.8) is 0 Å². The second-order valence-corrected chi connectivity index (χ2v) is 7.02. The maximum Gasteiger partial charge on any atom is 0.321 e. The molecular weight excluding hydrogens is 320 g/mol. The van der Waals surface area contributed by atoms with Crippen LogP contribution in [0.1, 0.15) is 24.2 Å². The number of anilines is 1. The van der Waals surface area contributed by atoms with Gasteiger partial charge in [0.2, 0.25) is 0 Å². The summed E-state index contributed by atoms with van der Waals surface area (Å²) in [5.74, 6) is -0.0984. The second-order valence-electron chi connectivity index (χ2n) is 7.02. The first-order valence-electron chi connectivity index (χ1n) is 8.74. The van der Waals surface area contributed by atoms with Gasteiger partial charge in [-0.1, -0.05) is 0 Å². The van der Waals surface area contributed by atoms with E-state index in [9.17, 15) is 9.59 Å². The van der Waals surface area contributed by atoms with E-state index in [2.05, 4.69) is 29.4 Å². The summed E-state index contributed by atoms with van der Waals surface area (Å²) in [6.45, 7) is 9.38. The van der Waals surface area contributed by atoms with Crippen LogP contribution in [0.3, 0.4) is 0 Å². The van der Waals surface area contributed by atoms with Gasteiger partial charge in [-0.25, -0.2) is 4.79 Å². The molecule has 0 saturated carbocycles. The van der Waals surface area contributed by atoms with Gasteiger partial charge in [-0.3, -0.25) is 14.6 Å². The standard InChI is InChI=1S/C18H26N4O3/c1-18(2,21-9-11-25-12-10-21)13-20-16(23)14-3-5-15(6-4-14)22-8-7-19-17(22)24/h3-6H,7-13H2,1-2H3,(H,19,24)(H,20,23). The molecule has 25 heavy (non-hydrogen) atoms. The zero-order chi connectivity index (χ0) is 17.9. The molecule has 3 rings (SSSR count). The van der Waals surface area contributed by atoms with Gasteiger partial charge in [0, 0.05) is 49.5 Å². The minimum absolute atomic E-state index is 0.0931. The smallest absolute Gasteiger partial charge is 0.321 e. The van der Waals surface area contributed by atoms with Gasteiger partial charge in [0.15, 0.2) is 0 Å². The number of amides is 3. The molecule has 1 aromatic rings. The monoisotopic (exact) mass is 346 g/mol. The average Bonchev–Trinajstić information content (AvgIpc) is 3.06. The molecule has 7 heteroatoms. The van der Waals surface area contributed by atoms with E-state index < -0.39 is 0 Å². The van der Waals surface area contributed by atoms with Crippen molar-refractivity contribution in [1.29, 1.82) is 0 Å². The third-order valence-electron chi connectivity index (χ3n) is 4.85. The molecule has 0 atom stereocenters. The molecule has 2 heterocycles. The quantitative estimate of drug-likeness (QED) is 0.836. The first-order valence-corrected chi connectivity index (χ1v) is 8.74. The molecule has 2 fully saturated rings. The summed E-state index contributed by atoms with van der Waals surface area (Å²) in [5, 5.41) is 5.79. The summed E-state index contributed by atoms with van der Waals surface area (Å²) in [4.78, 5) is 28.1. The Balaban J connectivity index is 1.56. The highest BCUT2D eigenvalue weighted by atomic mass is 16.5. The van der Waals surface area contributed by atoms with E-state index in [0.29, 0.717) is 25.2 Å². The van der Waals surface area contributed by atoms with Crippen molar-refractivity contribution in [1.82, 2.24) is 15.5 Å². The largest absolute Gasteiger partial charge is 0.379 e. The molecule has 2 aliphatic heterocycles. The summed E-state index contributed by atoms with van der Waals surface area (Å²) in [6, 6.07) is 7.06. The topological polar surface area (TPSA) is 73.9 Å². The van der Waals surface area contributed by atoms with Gasteiger partial charge in [-0.15, -0.1) is 0 Å². The summed E-state index contributed by atoms with van der Waals surface area (Å²) < 4.78 is 5.39. The number of urea groups is 1. The van der Waals surface area contributed by atoms with Crippen LogP contribution in [0.4, 0.5) is 10.5 Å². The van der Waals surface area contributed by atoms with Crippen LogP contribution in [0.2, 0.25) is 0 Å². The van der Waals surface area contributed by atoms with Gasteiger partial charge < -0.3 is 15.4 Å². The number of carbonyl (C=O) groups excluding carboxylic acids is 2. The number of morpholine rings is 1. The van der Waals surface area contributed by atoms with Crippen LogP contribution in [0.15, 0.2) is 24.3 Å². The zero-order valence-corrected chi connectivity index (χ0v) is 14.9. The Morgan fingerprint density at radius 1 is 1.20 bits per heavy atom. The Hall–Kier alpha value is -2.12. The Morgan fingerprint density at radius 3 is 2.48 bits per heavy atom. The van der Waals surface area contributed by atoms with E-state index >= 15 is 0 Å². The molecule has 0 aliphatic carbocycles. The molecular formula is C18H26N4O3. The zero-order valence-electron chi connectivity index (χ0n) is 14.9. The maximum absolute atomic E-state index is 12.4. The number of nitrogens with zero attached hydrogens (tertiary/aromatic N) is 2. The molecule has 2 aliphatic rings. The van der Waals surface area contributed by atoms with Gasteiger partial charge in [0.25, 0.3) is 5.91 Å². The molecule has 0 bridgehead atoms. The highest BCUT2D eigenvalue weighted by molar-refractivity contribution is 5.97. The molecule has 0 spiro atoms. The third kappa shape index (κ3) is 4.11. The Labute approximate surface area is 148 Å². The molecule has 136 valence electrons. The van der Waals surface area contributed by atoms with Gasteiger partial charge in [-0.05, 0) is 38.1 Å². The number of rotatable bonds is 5. The SMILES string of the molecule is CC(C)(CNC(=O)c1ccc(N2CCNC2=O)cc1)N1CCOCC1. The summed E-state index contributed by atoms with van der Waals surface area (Å²) in [5.41, 5.74) is 1.29. The molecule has 0 unspecified atom stereocenters. The predicted octanol–water partition coefficient (Wildman–Crippen LogP) is 1.06. The van der Waals surface area contributed by atoms with Gasteiger partial charge in [-0.2, -0.15) is 0 Å². The summed E-state index contributed by atoms with van der Waals surface area (Å²) >= 11 is 0. The van der Waals surface area contributed by atoms with E-state index in [0.717, 1.165) is 32.0 Å². The highest BCUT2D eigenvalue weighted by Gasteiger charge is 2.28. The maximum atomic E-state index is 12.4. The van der Waals surface area contributed by atoms with Crippen LogP contribution in [-0.2, 0) is 4.74 Å². The van der Waals surface area contributed by atoms with Crippen molar-refractivity contribution in [2.24, 2.45) is 0 Å². The van der Waals surface area contributed by atoms with E-state index in [1.54, 1.807) is 17.0 Å². The lowest BCUT2D eigenvalue weighted by Crippen LogP contribution is -2.55. The van der Waals surface area contributed by atoms with Crippen LogP contribution in [-0.4, -0.2) is 68.3 Å². The molecule has 7 nitrogen and oxygen atoms in total. The number of ether oxygens (including phenoxy) is 1. The lowest BCUT2D eigenvalue weighted by molar-refractivity contribution is -0.00923. The average molecular weight is 346 g/mol. The van der Waals surface area contributed by atoms with Crippen molar-refractivity contribution in [2.45, 2.75) is 19.4 Å². The fraction of sp³-hybridized carbons (Fsp3) is 0.556. The second kappa shape index (κ2) is 7.41. The number of hydrogen-bond acceptors (Lipinski definition) is 4. The van der Waals surface area contributed by atoms with E-state index in [4.69, 9.17) is 4.74 Å². The van der Waals surface area contributed by atoms with Crippen LogP contribution in [0, 0.1) is 0 Å². The van der Waals surface area contributed by atoms with Gasteiger partial charge >= 0.3 is 6.03 Å². The van der Waals surface area contributed by atoms with Crippen molar-refractivity contribution in [3.8, 4) is 0 Å². The van der Waals surface area contributed by atoms with E-state index in [1.807, 2.05) is 12.1 Å². The van der Waals surface area contributed by atoms with E-state index in [-0.39, 0.29) is 17.5 Å². The molecule has 3 amide bonds. The Morgan fingerprint density at radius 2 is 1.88 bits per heavy atom. The van der Waals surface area contributed by atoms with Crippen LogP contribution in [0.25, 0.3) is 0 Å². The van der Waals surface area contributed by atoms with Crippen molar-refractivity contribution >= 4 is 17.6 Å². The minimum atomic E-state index is -0.118. The minimum Gasteiger partial charge on any atom is -0.379 e. The van der Waals surface area contributed by atoms with Crippen LogP contribution >= 0.6 is 0 Å². The molecule has 0 aromatic heterocycles. The number of hydrogen-bond donors (Lipinski definition) is 2. The molecule has 2 N–H and O–H groups in total. The van der Waals surface area contributed by atoms with Gasteiger partial charge in [0.05, 0.1) is 13.2 Å². The van der Waals surface area contributed by atoms with Crippen molar-refractivity contribution in [2.75, 3.05) is 50.8 Å². The molecule has 2 saturated heterocycles. The van der Waals surface area contributed by atoms with Crippen molar-refractivity contribution in [3.05, 3.63) is 29.8 Å². The normalized spacial score (nSPS) is 19.0. The molecule has 1 aromatic carbocycles. The van der Waals surface area contributed by atoms with Crippen LogP contribution < -0.4 is 15.5 Å². The summed E-state index contributed by atoms with van der Waals surface area (Å²) in [7, 11) is 0. The highest BCUT2D eigenvalue weighted by Crippen LogP contribution is 2.18. The number of benzene rings is 1. The first-order chi connectivity index (χ1) is 12.0. The lowest BCUT2D eigenvalue weighted by Gasteiger charge is -2.40. The Kier molecular flexibility index (Phi) is 5.24. The fourth-order valence-electron chi connectivity index (χ4n) is 3.19. The van der Waals surface area contributed by atoms with Crippen molar-refractivity contribution < 1.29 is 14.3 Å². The van der Waals surface area contributed by atoms with E-state index in [1.165, 1.54) is 0 Å². The third-order valence-corrected chi connectivity index (χ3v) is 4.85. The number of carbonyl (C=O) groups is 2. The first kappa shape index (κ1) is 17.7. The molecule has 0 radical (unpaired) electrons. The summed E-state index contributed by atoms with van der Waals surface area (Å²) in [6.07, 6.45) is 0. The number of nitrogens with one attached hydrogen (secondary N) is 2. The Bertz CT molecular complexity index is 624. The predicted molar refractivity (Wildman–Crippen MR) is 96.0 cm³/mol. The van der Waals surface area contributed by atoms with Gasteiger partial charge in [0.1, 0.15) is 0 Å².